The molecule has 0 saturated heterocycles. The van der Waals surface area contributed by atoms with E-state index in [0.717, 1.165) is 16.7 Å². The van der Waals surface area contributed by atoms with E-state index >= 15 is 0 Å². The van der Waals surface area contributed by atoms with Gasteiger partial charge in [-0.2, -0.15) is 0 Å². The van der Waals surface area contributed by atoms with Gasteiger partial charge in [-0.15, -0.1) is 0 Å². The van der Waals surface area contributed by atoms with Gasteiger partial charge in [0, 0.05) is 12.0 Å². The summed E-state index contributed by atoms with van der Waals surface area (Å²) in [5.41, 5.74) is 3.23. The minimum Gasteiger partial charge on any atom is -0.481 e. The predicted octanol–water partition coefficient (Wildman–Crippen LogP) is 4.38. The number of carbonyl (C=O) groups is 3. The van der Waals surface area contributed by atoms with Crippen molar-refractivity contribution in [2.24, 2.45) is 17.8 Å². The van der Waals surface area contributed by atoms with Crippen molar-refractivity contribution in [3.8, 4) is 11.1 Å². The molecule has 6 nitrogen and oxygen atoms in total. The fourth-order valence-electron chi connectivity index (χ4n) is 4.44. The van der Waals surface area contributed by atoms with Crippen molar-refractivity contribution in [2.45, 2.75) is 51.5 Å². The van der Waals surface area contributed by atoms with E-state index in [9.17, 15) is 24.6 Å². The van der Waals surface area contributed by atoms with Crippen LogP contribution in [0.25, 0.3) is 11.1 Å². The van der Waals surface area contributed by atoms with Gasteiger partial charge in [-0.05, 0) is 48.8 Å². The summed E-state index contributed by atoms with van der Waals surface area (Å²) < 4.78 is 0. The van der Waals surface area contributed by atoms with Crippen LogP contribution < -0.4 is 5.32 Å². The third-order valence-corrected chi connectivity index (χ3v) is 6.34. The van der Waals surface area contributed by atoms with Crippen LogP contribution >= 0.6 is 0 Å². The van der Waals surface area contributed by atoms with Crippen molar-refractivity contribution in [3.63, 3.8) is 0 Å². The molecule has 2 aromatic carbocycles. The van der Waals surface area contributed by atoms with Crippen LogP contribution in [-0.2, 0) is 20.8 Å². The Balaban J connectivity index is 1.69. The monoisotopic (exact) mass is 437 g/mol. The number of amides is 1. The van der Waals surface area contributed by atoms with E-state index in [1.54, 1.807) is 6.92 Å². The van der Waals surface area contributed by atoms with E-state index in [0.29, 0.717) is 38.5 Å². The van der Waals surface area contributed by atoms with Gasteiger partial charge in [-0.3, -0.25) is 14.4 Å². The number of nitrogens with one attached hydrogen (secondary N) is 1. The molecule has 1 fully saturated rings. The molecule has 2 aromatic rings. The lowest BCUT2D eigenvalue weighted by Crippen LogP contribution is -2.43. The molecule has 0 heterocycles. The maximum Gasteiger partial charge on any atom is 0.306 e. The van der Waals surface area contributed by atoms with E-state index in [1.165, 1.54) is 0 Å². The van der Waals surface area contributed by atoms with Crippen LogP contribution in [0.15, 0.2) is 54.6 Å². The summed E-state index contributed by atoms with van der Waals surface area (Å²) >= 11 is 0. The molecule has 3 rings (SSSR count). The summed E-state index contributed by atoms with van der Waals surface area (Å²) in [5, 5.41) is 21.7. The van der Waals surface area contributed by atoms with E-state index in [4.69, 9.17) is 0 Å². The summed E-state index contributed by atoms with van der Waals surface area (Å²) in [6, 6.07) is 17.8. The first kappa shape index (κ1) is 23.5. The van der Waals surface area contributed by atoms with Crippen molar-refractivity contribution in [2.75, 3.05) is 0 Å². The lowest BCUT2D eigenvalue weighted by molar-refractivity contribution is -0.145. The second kappa shape index (κ2) is 10.9. The Morgan fingerprint density at radius 1 is 0.938 bits per heavy atom. The number of aliphatic carboxylic acids is 2. The van der Waals surface area contributed by atoms with Gasteiger partial charge < -0.3 is 15.5 Å². The Bertz CT molecular complexity index is 925. The largest absolute Gasteiger partial charge is 0.481 e. The Morgan fingerprint density at radius 3 is 2.19 bits per heavy atom. The van der Waals surface area contributed by atoms with Crippen molar-refractivity contribution >= 4 is 17.8 Å². The van der Waals surface area contributed by atoms with Crippen molar-refractivity contribution in [1.82, 2.24) is 5.32 Å². The zero-order valence-electron chi connectivity index (χ0n) is 18.4. The number of carboxylic acid groups (broad SMARTS) is 2. The molecule has 6 heteroatoms. The quantitative estimate of drug-likeness (QED) is 0.540. The first-order valence-corrected chi connectivity index (χ1v) is 11.2. The summed E-state index contributed by atoms with van der Waals surface area (Å²) in [5.74, 6) is -3.33. The Kier molecular flexibility index (Phi) is 8.03. The summed E-state index contributed by atoms with van der Waals surface area (Å²) in [6.45, 7) is 1.64. The number of carboxylic acids is 2. The lowest BCUT2D eigenvalue weighted by atomic mass is 9.80. The molecule has 0 bridgehead atoms. The molecule has 0 unspecified atom stereocenters. The van der Waals surface area contributed by atoms with Gasteiger partial charge >= 0.3 is 11.9 Å². The highest BCUT2D eigenvalue weighted by Crippen LogP contribution is 2.30. The summed E-state index contributed by atoms with van der Waals surface area (Å²) in [6.07, 6.45) is 3.17. The lowest BCUT2D eigenvalue weighted by Gasteiger charge is -2.28. The fraction of sp³-hybridized carbons (Fsp3) is 0.423. The Hall–Kier alpha value is -3.15. The van der Waals surface area contributed by atoms with Crippen molar-refractivity contribution in [1.29, 1.82) is 0 Å². The normalized spacial score (nSPS) is 20.2. The van der Waals surface area contributed by atoms with Crippen LogP contribution in [0.1, 0.15) is 44.6 Å². The number of benzene rings is 2. The average molecular weight is 438 g/mol. The molecule has 0 aromatic heterocycles. The van der Waals surface area contributed by atoms with Crippen molar-refractivity contribution in [3.05, 3.63) is 60.2 Å². The molecule has 3 N–H and O–H groups in total. The molecular weight excluding hydrogens is 406 g/mol. The molecule has 1 amide bonds. The van der Waals surface area contributed by atoms with Gasteiger partial charge in [0.1, 0.15) is 0 Å². The van der Waals surface area contributed by atoms with Crippen LogP contribution in [-0.4, -0.2) is 34.1 Å². The van der Waals surface area contributed by atoms with Crippen LogP contribution in [0.5, 0.6) is 0 Å². The summed E-state index contributed by atoms with van der Waals surface area (Å²) in [4.78, 5) is 35.7. The topological polar surface area (TPSA) is 104 Å². The molecule has 1 aliphatic rings. The molecule has 1 saturated carbocycles. The van der Waals surface area contributed by atoms with Crippen molar-refractivity contribution < 1.29 is 24.6 Å². The predicted molar refractivity (Wildman–Crippen MR) is 122 cm³/mol. The van der Waals surface area contributed by atoms with Crippen LogP contribution in [0.2, 0.25) is 0 Å². The van der Waals surface area contributed by atoms with E-state index in [-0.39, 0.29) is 17.9 Å². The number of hydrogen-bond donors (Lipinski definition) is 3. The highest BCUT2D eigenvalue weighted by atomic mass is 16.4. The Morgan fingerprint density at radius 2 is 1.56 bits per heavy atom. The molecule has 0 spiro atoms. The standard InChI is InChI=1S/C26H31NO5/c1-17(25(29)30)14-23(27-24(28)21-8-5-9-22(16-21)26(31)32)15-18-10-12-20(13-11-18)19-6-3-2-4-7-19/h2-4,6-7,10-13,17,21-23H,5,8-9,14-16H2,1H3,(H,27,28)(H,29,30)(H,31,32)/t17-,21+,22-,23+/m1/s1. The van der Waals surface area contributed by atoms with Gasteiger partial charge in [0.05, 0.1) is 11.8 Å². The van der Waals surface area contributed by atoms with Gasteiger partial charge in [0.2, 0.25) is 5.91 Å². The zero-order chi connectivity index (χ0) is 23.1. The van der Waals surface area contributed by atoms with Gasteiger partial charge in [0.15, 0.2) is 0 Å². The van der Waals surface area contributed by atoms with Gasteiger partial charge in [-0.25, -0.2) is 0 Å². The third kappa shape index (κ3) is 6.42. The van der Waals surface area contributed by atoms with E-state index in [2.05, 4.69) is 5.32 Å². The first-order valence-electron chi connectivity index (χ1n) is 11.2. The van der Waals surface area contributed by atoms with Crippen LogP contribution in [0.4, 0.5) is 0 Å². The number of rotatable bonds is 9. The maximum atomic E-state index is 12.9. The fourth-order valence-corrected chi connectivity index (χ4v) is 4.44. The molecule has 0 radical (unpaired) electrons. The van der Waals surface area contributed by atoms with E-state index in [1.807, 2.05) is 54.6 Å². The molecule has 32 heavy (non-hydrogen) atoms. The Labute approximate surface area is 188 Å². The van der Waals surface area contributed by atoms with Crippen LogP contribution in [0, 0.1) is 17.8 Å². The van der Waals surface area contributed by atoms with Gasteiger partial charge in [0.25, 0.3) is 0 Å². The minimum atomic E-state index is -0.896. The molecule has 1 aliphatic carbocycles. The summed E-state index contributed by atoms with van der Waals surface area (Å²) in [7, 11) is 0. The van der Waals surface area contributed by atoms with Crippen LogP contribution in [0.3, 0.4) is 0 Å². The number of carbonyl (C=O) groups excluding carboxylic acids is 1. The molecular formula is C26H31NO5. The van der Waals surface area contributed by atoms with Gasteiger partial charge in [-0.1, -0.05) is 67.9 Å². The zero-order valence-corrected chi connectivity index (χ0v) is 18.4. The SMILES string of the molecule is C[C@H](C[C@@H](Cc1ccc(-c2ccccc2)cc1)NC(=O)[C@H]1CCC[C@@H](C(=O)O)C1)C(=O)O. The third-order valence-electron chi connectivity index (χ3n) is 6.34. The average Bonchev–Trinajstić information content (AvgIpc) is 2.80. The molecule has 4 atom stereocenters. The first-order chi connectivity index (χ1) is 15.3. The van der Waals surface area contributed by atoms with E-state index < -0.39 is 23.8 Å². The smallest absolute Gasteiger partial charge is 0.306 e. The second-order valence-electron chi connectivity index (χ2n) is 8.85. The minimum absolute atomic E-state index is 0.167. The maximum absolute atomic E-state index is 12.9. The molecule has 0 aliphatic heterocycles. The highest BCUT2D eigenvalue weighted by molar-refractivity contribution is 5.80. The number of hydrogen-bond acceptors (Lipinski definition) is 3. The highest BCUT2D eigenvalue weighted by Gasteiger charge is 2.32. The molecule has 170 valence electrons. The second-order valence-corrected chi connectivity index (χ2v) is 8.85.